The molecule has 1 rings (SSSR count). The minimum absolute atomic E-state index is 0.0835. The number of terminal acetylenes is 1. The molecule has 1 aliphatic carbocycles. The highest BCUT2D eigenvalue weighted by molar-refractivity contribution is 5.88. The summed E-state index contributed by atoms with van der Waals surface area (Å²) in [5.74, 6) is 2.37. The minimum atomic E-state index is -0.730. The lowest BCUT2D eigenvalue weighted by Gasteiger charge is -2.21. The Kier molecular flexibility index (Phi) is 3.14. The van der Waals surface area contributed by atoms with Gasteiger partial charge in [0, 0.05) is 6.54 Å². The Morgan fingerprint density at radius 2 is 2.29 bits per heavy atom. The second-order valence-electron chi connectivity index (χ2n) is 3.62. The Balaban J connectivity index is 2.66. The van der Waals surface area contributed by atoms with E-state index in [4.69, 9.17) is 11.7 Å². The zero-order chi connectivity index (χ0) is 10.6. The predicted molar refractivity (Wildman–Crippen MR) is 53.0 cm³/mol. The first-order valence-electron chi connectivity index (χ1n) is 4.84. The molecule has 0 aromatic carbocycles. The fourth-order valence-corrected chi connectivity index (χ4v) is 1.43. The summed E-state index contributed by atoms with van der Waals surface area (Å²) in [7, 11) is 0. The fourth-order valence-electron chi connectivity index (χ4n) is 1.43. The number of hydrogen-bond acceptors (Lipinski definition) is 2. The quantitative estimate of drug-likeness (QED) is 0.624. The van der Waals surface area contributed by atoms with Gasteiger partial charge in [-0.05, 0) is 19.3 Å². The maximum atomic E-state index is 11.8. The van der Waals surface area contributed by atoms with E-state index in [9.17, 15) is 4.79 Å². The third-order valence-electron chi connectivity index (χ3n) is 2.44. The van der Waals surface area contributed by atoms with Crippen LogP contribution in [0.5, 0.6) is 0 Å². The molecule has 0 unspecified atom stereocenters. The van der Waals surface area contributed by atoms with E-state index in [-0.39, 0.29) is 5.91 Å². The van der Waals surface area contributed by atoms with Crippen LogP contribution in [0.3, 0.4) is 0 Å². The molecule has 0 atom stereocenters. The van der Waals surface area contributed by atoms with Gasteiger partial charge in [-0.2, -0.15) is 5.26 Å². The van der Waals surface area contributed by atoms with Crippen LogP contribution in [0.4, 0.5) is 0 Å². The van der Waals surface area contributed by atoms with Gasteiger partial charge in [0.2, 0.25) is 5.91 Å². The molecule has 1 fully saturated rings. The Labute approximate surface area is 84.7 Å². The van der Waals surface area contributed by atoms with Crippen molar-refractivity contribution in [2.45, 2.75) is 26.2 Å². The van der Waals surface area contributed by atoms with Gasteiger partial charge in [0.15, 0.2) is 0 Å². The van der Waals surface area contributed by atoms with Crippen LogP contribution in [0.15, 0.2) is 0 Å². The number of nitriles is 1. The fraction of sp³-hybridized carbons (Fsp3) is 0.636. The van der Waals surface area contributed by atoms with E-state index in [2.05, 4.69) is 12.0 Å². The highest BCUT2D eigenvalue weighted by Crippen LogP contribution is 2.46. The van der Waals surface area contributed by atoms with Gasteiger partial charge >= 0.3 is 0 Å². The lowest BCUT2D eigenvalue weighted by atomic mass is 10.1. The molecule has 3 heteroatoms. The second-order valence-corrected chi connectivity index (χ2v) is 3.62. The summed E-state index contributed by atoms with van der Waals surface area (Å²) < 4.78 is 0. The van der Waals surface area contributed by atoms with Crippen LogP contribution in [0.1, 0.15) is 26.2 Å². The van der Waals surface area contributed by atoms with Crippen LogP contribution in [-0.2, 0) is 4.79 Å². The molecule has 14 heavy (non-hydrogen) atoms. The minimum Gasteiger partial charge on any atom is -0.330 e. The molecule has 1 amide bonds. The van der Waals surface area contributed by atoms with Gasteiger partial charge in [-0.25, -0.2) is 0 Å². The van der Waals surface area contributed by atoms with Crippen molar-refractivity contribution >= 4 is 5.91 Å². The summed E-state index contributed by atoms with van der Waals surface area (Å²) in [6.45, 7) is 2.95. The monoisotopic (exact) mass is 190 g/mol. The lowest BCUT2D eigenvalue weighted by molar-refractivity contribution is -0.134. The Bertz CT molecular complexity index is 304. The van der Waals surface area contributed by atoms with E-state index < -0.39 is 5.41 Å². The first-order valence-corrected chi connectivity index (χ1v) is 4.84. The number of nitrogens with zero attached hydrogens (tertiary/aromatic N) is 2. The van der Waals surface area contributed by atoms with E-state index in [0.29, 0.717) is 25.9 Å². The molecule has 0 aliphatic heterocycles. The van der Waals surface area contributed by atoms with Crippen LogP contribution < -0.4 is 0 Å². The maximum Gasteiger partial charge on any atom is 0.243 e. The maximum absolute atomic E-state index is 11.8. The van der Waals surface area contributed by atoms with Gasteiger partial charge in [0.25, 0.3) is 0 Å². The summed E-state index contributed by atoms with van der Waals surface area (Å²) in [5.41, 5.74) is -0.730. The first-order chi connectivity index (χ1) is 6.70. The van der Waals surface area contributed by atoms with Crippen molar-refractivity contribution in [1.29, 1.82) is 5.26 Å². The zero-order valence-electron chi connectivity index (χ0n) is 8.42. The summed E-state index contributed by atoms with van der Waals surface area (Å²) in [6, 6.07) is 2.09. The van der Waals surface area contributed by atoms with E-state index >= 15 is 0 Å². The SMILES string of the molecule is C#CCN(CCC)C(=O)C1(C#N)CC1. The molecule has 0 spiro atoms. The van der Waals surface area contributed by atoms with Crippen molar-refractivity contribution in [3.05, 3.63) is 0 Å². The molecule has 0 aromatic heterocycles. The standard InChI is InChI=1S/C11H14N2O/c1-3-7-13(8-4-2)10(14)11(9-12)5-6-11/h1H,4-8H2,2H3. The van der Waals surface area contributed by atoms with Gasteiger partial charge in [-0.1, -0.05) is 12.8 Å². The third-order valence-corrected chi connectivity index (χ3v) is 2.44. The van der Waals surface area contributed by atoms with E-state index in [1.54, 1.807) is 4.90 Å². The molecule has 1 aliphatic rings. The Morgan fingerprint density at radius 3 is 2.64 bits per heavy atom. The molecular formula is C11H14N2O. The number of rotatable bonds is 4. The van der Waals surface area contributed by atoms with E-state index in [0.717, 1.165) is 6.42 Å². The molecule has 0 N–H and O–H groups in total. The van der Waals surface area contributed by atoms with Crippen molar-refractivity contribution in [2.75, 3.05) is 13.1 Å². The Morgan fingerprint density at radius 1 is 1.64 bits per heavy atom. The summed E-state index contributed by atoms with van der Waals surface area (Å²) >= 11 is 0. The van der Waals surface area contributed by atoms with Gasteiger partial charge in [-0.15, -0.1) is 6.42 Å². The van der Waals surface area contributed by atoms with E-state index in [1.165, 1.54) is 0 Å². The van der Waals surface area contributed by atoms with Crippen molar-refractivity contribution in [1.82, 2.24) is 4.90 Å². The van der Waals surface area contributed by atoms with Crippen molar-refractivity contribution < 1.29 is 4.79 Å². The highest BCUT2D eigenvalue weighted by atomic mass is 16.2. The van der Waals surface area contributed by atoms with Crippen LogP contribution in [-0.4, -0.2) is 23.9 Å². The first kappa shape index (κ1) is 10.6. The van der Waals surface area contributed by atoms with Crippen molar-refractivity contribution in [2.24, 2.45) is 5.41 Å². The van der Waals surface area contributed by atoms with Crippen molar-refractivity contribution in [3.63, 3.8) is 0 Å². The topological polar surface area (TPSA) is 44.1 Å². The molecule has 0 radical (unpaired) electrons. The molecule has 0 saturated heterocycles. The highest BCUT2D eigenvalue weighted by Gasteiger charge is 2.52. The van der Waals surface area contributed by atoms with Crippen LogP contribution in [0.25, 0.3) is 0 Å². The average Bonchev–Trinajstić information content (AvgIpc) is 2.97. The van der Waals surface area contributed by atoms with Gasteiger partial charge in [-0.3, -0.25) is 4.79 Å². The molecule has 0 aromatic rings. The number of carbonyl (C=O) groups is 1. The summed E-state index contributed by atoms with van der Waals surface area (Å²) in [6.07, 6.45) is 7.42. The lowest BCUT2D eigenvalue weighted by Crippen LogP contribution is -2.37. The average molecular weight is 190 g/mol. The van der Waals surface area contributed by atoms with Crippen molar-refractivity contribution in [3.8, 4) is 18.4 Å². The largest absolute Gasteiger partial charge is 0.330 e. The zero-order valence-corrected chi connectivity index (χ0v) is 8.42. The smallest absolute Gasteiger partial charge is 0.243 e. The van der Waals surface area contributed by atoms with Crippen LogP contribution in [0, 0.1) is 29.1 Å². The molecule has 74 valence electrons. The van der Waals surface area contributed by atoms with Gasteiger partial charge in [0.1, 0.15) is 5.41 Å². The van der Waals surface area contributed by atoms with Gasteiger partial charge in [0.05, 0.1) is 12.6 Å². The van der Waals surface area contributed by atoms with Crippen LogP contribution >= 0.6 is 0 Å². The predicted octanol–water partition coefficient (Wildman–Crippen LogP) is 1.16. The Hall–Kier alpha value is -1.48. The molecule has 1 saturated carbocycles. The summed E-state index contributed by atoms with van der Waals surface area (Å²) in [5, 5.41) is 8.86. The number of carbonyl (C=O) groups excluding carboxylic acids is 1. The normalized spacial score (nSPS) is 16.5. The molecule has 0 heterocycles. The molecule has 0 bridgehead atoms. The second kappa shape index (κ2) is 4.15. The summed E-state index contributed by atoms with van der Waals surface area (Å²) in [4.78, 5) is 13.5. The third kappa shape index (κ3) is 1.88. The molecular weight excluding hydrogens is 176 g/mol. The van der Waals surface area contributed by atoms with Crippen LogP contribution in [0.2, 0.25) is 0 Å². The van der Waals surface area contributed by atoms with E-state index in [1.807, 2.05) is 6.92 Å². The van der Waals surface area contributed by atoms with Gasteiger partial charge < -0.3 is 4.90 Å². The molecule has 3 nitrogen and oxygen atoms in total. The number of amides is 1. The number of hydrogen-bond donors (Lipinski definition) is 0.